The Balaban J connectivity index is 2.25. The number of benzene rings is 1. The molecule has 0 aliphatic carbocycles. The van der Waals surface area contributed by atoms with E-state index in [1.807, 2.05) is 19.1 Å². The van der Waals surface area contributed by atoms with E-state index in [1.165, 1.54) is 18.5 Å². The lowest BCUT2D eigenvalue weighted by molar-refractivity contribution is 0.342. The molecule has 1 fully saturated rings. The van der Waals surface area contributed by atoms with Crippen LogP contribution in [0.25, 0.3) is 0 Å². The van der Waals surface area contributed by atoms with Gasteiger partial charge in [-0.2, -0.15) is 0 Å². The van der Waals surface area contributed by atoms with Gasteiger partial charge in [-0.25, -0.2) is 0 Å². The highest BCUT2D eigenvalue weighted by molar-refractivity contribution is 5.64. The van der Waals surface area contributed by atoms with Gasteiger partial charge in [0, 0.05) is 17.8 Å². The van der Waals surface area contributed by atoms with Crippen molar-refractivity contribution in [3.8, 4) is 5.75 Å². The maximum atomic E-state index is 6.01. The largest absolute Gasteiger partial charge is 0.492 e. The summed E-state index contributed by atoms with van der Waals surface area (Å²) in [6.07, 6.45) is 2.52. The van der Waals surface area contributed by atoms with Gasteiger partial charge in [-0.1, -0.05) is 0 Å². The van der Waals surface area contributed by atoms with Crippen molar-refractivity contribution in [1.82, 2.24) is 0 Å². The second-order valence-electron chi connectivity index (χ2n) is 4.84. The standard InChI is InChI=1S/C14H22N2O/c1-4-17-14-8-7-12(9-13(14)15)16-10(2)5-6-11(16)3/h7-11H,4-6,15H2,1-3H3/t10-,11-/m1/s1. The average Bonchev–Trinajstić information content (AvgIpc) is 2.62. The maximum absolute atomic E-state index is 6.01. The molecule has 0 spiro atoms. The molecule has 2 N–H and O–H groups in total. The molecule has 1 aliphatic rings. The summed E-state index contributed by atoms with van der Waals surface area (Å²) in [6.45, 7) is 7.17. The Hall–Kier alpha value is -1.38. The van der Waals surface area contributed by atoms with Crippen LogP contribution in [0.5, 0.6) is 5.75 Å². The zero-order chi connectivity index (χ0) is 12.4. The maximum Gasteiger partial charge on any atom is 0.142 e. The molecule has 1 saturated heterocycles. The van der Waals surface area contributed by atoms with Crippen molar-refractivity contribution in [2.75, 3.05) is 17.2 Å². The van der Waals surface area contributed by atoms with E-state index in [-0.39, 0.29) is 0 Å². The van der Waals surface area contributed by atoms with Crippen LogP contribution in [0.3, 0.4) is 0 Å². The molecule has 3 heteroatoms. The number of hydrogen-bond acceptors (Lipinski definition) is 3. The topological polar surface area (TPSA) is 38.5 Å². The van der Waals surface area contributed by atoms with Crippen LogP contribution < -0.4 is 15.4 Å². The third kappa shape index (κ3) is 2.33. The van der Waals surface area contributed by atoms with Crippen LogP contribution in [0.4, 0.5) is 11.4 Å². The fraction of sp³-hybridized carbons (Fsp3) is 0.571. The lowest BCUT2D eigenvalue weighted by Gasteiger charge is -2.29. The lowest BCUT2D eigenvalue weighted by Crippen LogP contribution is -2.32. The summed E-state index contributed by atoms with van der Waals surface area (Å²) < 4.78 is 5.46. The molecule has 0 bridgehead atoms. The molecule has 2 rings (SSSR count). The van der Waals surface area contributed by atoms with Gasteiger partial charge in [-0.15, -0.1) is 0 Å². The number of anilines is 2. The first kappa shape index (κ1) is 12.1. The monoisotopic (exact) mass is 234 g/mol. The van der Waals surface area contributed by atoms with Crippen LogP contribution in [0.1, 0.15) is 33.6 Å². The Kier molecular flexibility index (Phi) is 3.46. The van der Waals surface area contributed by atoms with E-state index in [0.29, 0.717) is 18.7 Å². The van der Waals surface area contributed by atoms with Crippen LogP contribution in [0, 0.1) is 0 Å². The number of nitrogens with two attached hydrogens (primary N) is 1. The first-order valence-electron chi connectivity index (χ1n) is 6.44. The molecule has 1 aliphatic heterocycles. The zero-order valence-electron chi connectivity index (χ0n) is 10.9. The van der Waals surface area contributed by atoms with E-state index < -0.39 is 0 Å². The number of hydrogen-bond donors (Lipinski definition) is 1. The van der Waals surface area contributed by atoms with E-state index in [0.717, 1.165) is 11.4 Å². The van der Waals surface area contributed by atoms with Crippen molar-refractivity contribution in [3.05, 3.63) is 18.2 Å². The predicted molar refractivity (Wildman–Crippen MR) is 72.7 cm³/mol. The van der Waals surface area contributed by atoms with Crippen LogP contribution in [0.2, 0.25) is 0 Å². The van der Waals surface area contributed by atoms with Crippen LogP contribution in [0.15, 0.2) is 18.2 Å². The fourth-order valence-corrected chi connectivity index (χ4v) is 2.69. The van der Waals surface area contributed by atoms with Crippen molar-refractivity contribution in [2.45, 2.75) is 45.7 Å². The van der Waals surface area contributed by atoms with Crippen molar-refractivity contribution in [1.29, 1.82) is 0 Å². The molecule has 94 valence electrons. The number of ether oxygens (including phenoxy) is 1. The quantitative estimate of drug-likeness (QED) is 0.817. The van der Waals surface area contributed by atoms with Crippen LogP contribution >= 0.6 is 0 Å². The number of rotatable bonds is 3. The third-order valence-electron chi connectivity index (χ3n) is 3.54. The second kappa shape index (κ2) is 4.86. The molecule has 0 saturated carbocycles. The van der Waals surface area contributed by atoms with Gasteiger partial charge in [0.25, 0.3) is 0 Å². The highest BCUT2D eigenvalue weighted by Crippen LogP contribution is 2.34. The van der Waals surface area contributed by atoms with Gasteiger partial charge in [0.05, 0.1) is 12.3 Å². The summed E-state index contributed by atoms with van der Waals surface area (Å²) >= 11 is 0. The molecular formula is C14H22N2O. The summed E-state index contributed by atoms with van der Waals surface area (Å²) in [5.41, 5.74) is 7.96. The van der Waals surface area contributed by atoms with Crippen molar-refractivity contribution >= 4 is 11.4 Å². The first-order chi connectivity index (χ1) is 8.13. The molecule has 3 nitrogen and oxygen atoms in total. The molecule has 0 radical (unpaired) electrons. The normalized spacial score (nSPS) is 24.1. The smallest absolute Gasteiger partial charge is 0.142 e. The molecule has 0 unspecified atom stereocenters. The van der Waals surface area contributed by atoms with E-state index in [1.54, 1.807) is 0 Å². The van der Waals surface area contributed by atoms with E-state index in [4.69, 9.17) is 10.5 Å². The summed E-state index contributed by atoms with van der Waals surface area (Å²) in [6, 6.07) is 7.32. The summed E-state index contributed by atoms with van der Waals surface area (Å²) in [5, 5.41) is 0. The minimum atomic E-state index is 0.599. The summed E-state index contributed by atoms with van der Waals surface area (Å²) in [4.78, 5) is 2.45. The van der Waals surface area contributed by atoms with E-state index >= 15 is 0 Å². The van der Waals surface area contributed by atoms with Crippen molar-refractivity contribution in [3.63, 3.8) is 0 Å². The highest BCUT2D eigenvalue weighted by Gasteiger charge is 2.27. The van der Waals surface area contributed by atoms with Crippen molar-refractivity contribution in [2.24, 2.45) is 0 Å². The Morgan fingerprint density at radius 2 is 1.94 bits per heavy atom. The minimum absolute atomic E-state index is 0.599. The highest BCUT2D eigenvalue weighted by atomic mass is 16.5. The molecule has 0 aromatic heterocycles. The van der Waals surface area contributed by atoms with Crippen molar-refractivity contribution < 1.29 is 4.74 Å². The van der Waals surface area contributed by atoms with Gasteiger partial charge in [0.1, 0.15) is 5.75 Å². The molecule has 0 amide bonds. The van der Waals surface area contributed by atoms with Gasteiger partial charge >= 0.3 is 0 Å². The van der Waals surface area contributed by atoms with Gasteiger partial charge < -0.3 is 15.4 Å². The molecular weight excluding hydrogens is 212 g/mol. The zero-order valence-corrected chi connectivity index (χ0v) is 10.9. The van der Waals surface area contributed by atoms with Crippen LogP contribution in [-0.4, -0.2) is 18.7 Å². The second-order valence-corrected chi connectivity index (χ2v) is 4.84. The van der Waals surface area contributed by atoms with Gasteiger partial charge in [0.2, 0.25) is 0 Å². The molecule has 17 heavy (non-hydrogen) atoms. The fourth-order valence-electron chi connectivity index (χ4n) is 2.69. The first-order valence-corrected chi connectivity index (χ1v) is 6.44. The Morgan fingerprint density at radius 3 is 2.47 bits per heavy atom. The number of nitrogen functional groups attached to an aromatic ring is 1. The van der Waals surface area contributed by atoms with Gasteiger partial charge in [-0.3, -0.25) is 0 Å². The lowest BCUT2D eigenvalue weighted by atomic mass is 10.2. The van der Waals surface area contributed by atoms with Gasteiger partial charge in [0.15, 0.2) is 0 Å². The minimum Gasteiger partial charge on any atom is -0.492 e. The summed E-state index contributed by atoms with van der Waals surface area (Å²) in [5.74, 6) is 0.788. The Bertz CT molecular complexity index is 382. The predicted octanol–water partition coefficient (Wildman–Crippen LogP) is 3.04. The SMILES string of the molecule is CCOc1ccc(N2[C@H](C)CC[C@H]2C)cc1N. The molecule has 2 atom stereocenters. The third-order valence-corrected chi connectivity index (χ3v) is 3.54. The molecule has 1 heterocycles. The van der Waals surface area contributed by atoms with Crippen LogP contribution in [-0.2, 0) is 0 Å². The van der Waals surface area contributed by atoms with Gasteiger partial charge in [-0.05, 0) is 51.8 Å². The van der Waals surface area contributed by atoms with E-state index in [9.17, 15) is 0 Å². The Morgan fingerprint density at radius 1 is 1.29 bits per heavy atom. The summed E-state index contributed by atoms with van der Waals surface area (Å²) in [7, 11) is 0. The molecule has 1 aromatic rings. The molecule has 1 aromatic carbocycles. The number of nitrogens with zero attached hydrogens (tertiary/aromatic N) is 1. The average molecular weight is 234 g/mol. The van der Waals surface area contributed by atoms with E-state index in [2.05, 4.69) is 24.8 Å². The Labute approximate surface area is 104 Å².